The van der Waals surface area contributed by atoms with Crippen molar-refractivity contribution in [3.63, 3.8) is 0 Å². The van der Waals surface area contributed by atoms with Crippen molar-refractivity contribution in [2.75, 3.05) is 0 Å². The summed E-state index contributed by atoms with van der Waals surface area (Å²) in [5.74, 6) is 0.861. The van der Waals surface area contributed by atoms with Crippen molar-refractivity contribution in [2.45, 2.75) is 59.3 Å². The van der Waals surface area contributed by atoms with Crippen LogP contribution in [0.15, 0.2) is 18.2 Å². The Labute approximate surface area is 94.7 Å². The lowest BCUT2D eigenvalue weighted by atomic mass is 9.95. The molecule has 84 valence electrons. The fourth-order valence-corrected chi connectivity index (χ4v) is 2.57. The number of hydrogen-bond donors (Lipinski definition) is 0. The van der Waals surface area contributed by atoms with Crippen molar-refractivity contribution < 1.29 is 0 Å². The molecule has 0 aromatic heterocycles. The van der Waals surface area contributed by atoms with Crippen LogP contribution in [0.3, 0.4) is 0 Å². The highest BCUT2D eigenvalue weighted by Crippen LogP contribution is 2.37. The van der Waals surface area contributed by atoms with Crippen LogP contribution in [0.2, 0.25) is 0 Å². The zero-order valence-corrected chi connectivity index (χ0v) is 10.6. The van der Waals surface area contributed by atoms with Crippen LogP contribution in [0.5, 0.6) is 0 Å². The molecule has 0 heteroatoms. The van der Waals surface area contributed by atoms with Crippen LogP contribution < -0.4 is 0 Å². The van der Waals surface area contributed by atoms with Gasteiger partial charge in [0.1, 0.15) is 0 Å². The zero-order chi connectivity index (χ0) is 11.3. The summed E-state index contributed by atoms with van der Waals surface area (Å²) in [6.45, 7) is 8.53. The largest absolute Gasteiger partial charge is 0.0683 e. The molecule has 1 aromatic rings. The molecule has 0 heterocycles. The lowest BCUT2D eigenvalue weighted by molar-refractivity contribution is 0.608. The number of benzene rings is 1. The fourth-order valence-electron chi connectivity index (χ4n) is 2.57. The maximum absolute atomic E-state index is 2.33. The molecule has 0 saturated carbocycles. The molecule has 0 radical (unpaired) electrons. The second kappa shape index (κ2) is 5.95. The van der Waals surface area contributed by atoms with Crippen LogP contribution in [-0.2, 0) is 6.42 Å². The van der Waals surface area contributed by atoms with Gasteiger partial charge in [-0.05, 0) is 48.8 Å². The van der Waals surface area contributed by atoms with Crippen molar-refractivity contribution in [3.8, 4) is 0 Å². The molecule has 1 atom stereocenters. The second-order valence-corrected chi connectivity index (χ2v) is 4.17. The Balaban J connectivity index is 0.000000531. The molecule has 0 saturated heterocycles. The third-order valence-corrected chi connectivity index (χ3v) is 3.27. The van der Waals surface area contributed by atoms with E-state index in [1.807, 2.05) is 13.8 Å². The highest BCUT2D eigenvalue weighted by Gasteiger charge is 2.21. The van der Waals surface area contributed by atoms with Gasteiger partial charge in [0.2, 0.25) is 0 Å². The van der Waals surface area contributed by atoms with E-state index in [0.717, 1.165) is 5.92 Å². The molecule has 1 aliphatic carbocycles. The standard InChI is InChI=1S/C13H18.C2H6/c1-3-5-11-8-9-12-10(2)6-4-7-13(11)12;1-2/h4,6-7,11H,3,5,8-9H2,1-2H3;1-2H3. The Kier molecular flexibility index (Phi) is 4.87. The van der Waals surface area contributed by atoms with E-state index in [-0.39, 0.29) is 0 Å². The summed E-state index contributed by atoms with van der Waals surface area (Å²) < 4.78 is 0. The average Bonchev–Trinajstić information content (AvgIpc) is 2.67. The van der Waals surface area contributed by atoms with Gasteiger partial charge in [-0.2, -0.15) is 0 Å². The first-order valence-corrected chi connectivity index (χ1v) is 6.41. The highest BCUT2D eigenvalue weighted by molar-refractivity contribution is 5.40. The summed E-state index contributed by atoms with van der Waals surface area (Å²) in [5, 5.41) is 0. The summed E-state index contributed by atoms with van der Waals surface area (Å²) in [6.07, 6.45) is 5.38. The molecule has 0 spiro atoms. The molecular weight excluding hydrogens is 180 g/mol. The van der Waals surface area contributed by atoms with Gasteiger partial charge in [-0.1, -0.05) is 45.4 Å². The van der Waals surface area contributed by atoms with Gasteiger partial charge in [0, 0.05) is 0 Å². The first kappa shape index (κ1) is 12.3. The lowest BCUT2D eigenvalue weighted by Crippen LogP contribution is -1.92. The fraction of sp³-hybridized carbons (Fsp3) is 0.600. The van der Waals surface area contributed by atoms with Gasteiger partial charge in [-0.25, -0.2) is 0 Å². The molecule has 0 amide bonds. The van der Waals surface area contributed by atoms with Gasteiger partial charge in [-0.15, -0.1) is 0 Å². The molecule has 0 bridgehead atoms. The van der Waals surface area contributed by atoms with Gasteiger partial charge in [0.15, 0.2) is 0 Å². The first-order chi connectivity index (χ1) is 7.33. The monoisotopic (exact) mass is 204 g/mol. The van der Waals surface area contributed by atoms with E-state index in [2.05, 4.69) is 32.0 Å². The third-order valence-electron chi connectivity index (χ3n) is 3.27. The average molecular weight is 204 g/mol. The van der Waals surface area contributed by atoms with Crippen molar-refractivity contribution in [3.05, 3.63) is 34.9 Å². The minimum Gasteiger partial charge on any atom is -0.0683 e. The van der Waals surface area contributed by atoms with Crippen LogP contribution in [-0.4, -0.2) is 0 Å². The number of aryl methyl sites for hydroxylation is 1. The smallest absolute Gasteiger partial charge is 0.0156 e. The van der Waals surface area contributed by atoms with E-state index in [9.17, 15) is 0 Å². The topological polar surface area (TPSA) is 0 Å². The normalized spacial score (nSPS) is 18.0. The van der Waals surface area contributed by atoms with Crippen molar-refractivity contribution in [2.24, 2.45) is 0 Å². The summed E-state index contributed by atoms with van der Waals surface area (Å²) in [5.41, 5.74) is 4.78. The van der Waals surface area contributed by atoms with E-state index in [1.165, 1.54) is 31.2 Å². The lowest BCUT2D eigenvalue weighted by Gasteiger charge is -2.10. The number of hydrogen-bond acceptors (Lipinski definition) is 0. The predicted octanol–water partition coefficient (Wildman–Crippen LogP) is 4.85. The van der Waals surface area contributed by atoms with Gasteiger partial charge in [0.05, 0.1) is 0 Å². The predicted molar refractivity (Wildman–Crippen MR) is 68.5 cm³/mol. The molecule has 0 fully saturated rings. The van der Waals surface area contributed by atoms with Gasteiger partial charge >= 0.3 is 0 Å². The van der Waals surface area contributed by atoms with Crippen LogP contribution in [0.25, 0.3) is 0 Å². The van der Waals surface area contributed by atoms with Gasteiger partial charge in [0.25, 0.3) is 0 Å². The molecule has 15 heavy (non-hydrogen) atoms. The maximum atomic E-state index is 2.33. The zero-order valence-electron chi connectivity index (χ0n) is 10.6. The minimum absolute atomic E-state index is 0.861. The van der Waals surface area contributed by atoms with E-state index in [1.54, 1.807) is 11.1 Å². The Bertz CT molecular complexity index is 299. The molecule has 0 N–H and O–H groups in total. The summed E-state index contributed by atoms with van der Waals surface area (Å²) in [7, 11) is 0. The van der Waals surface area contributed by atoms with Crippen LogP contribution in [0, 0.1) is 6.92 Å². The summed E-state index contributed by atoms with van der Waals surface area (Å²) in [4.78, 5) is 0. The molecule has 0 aliphatic heterocycles. The van der Waals surface area contributed by atoms with Crippen LogP contribution >= 0.6 is 0 Å². The molecule has 1 aromatic carbocycles. The minimum atomic E-state index is 0.861. The Morgan fingerprint density at radius 2 is 2.00 bits per heavy atom. The van der Waals surface area contributed by atoms with Crippen LogP contribution in [0.4, 0.5) is 0 Å². The molecule has 1 aliphatic rings. The van der Waals surface area contributed by atoms with E-state index < -0.39 is 0 Å². The molecule has 1 unspecified atom stereocenters. The van der Waals surface area contributed by atoms with Gasteiger partial charge in [-0.3, -0.25) is 0 Å². The number of rotatable bonds is 2. The Hall–Kier alpha value is -0.780. The van der Waals surface area contributed by atoms with E-state index in [4.69, 9.17) is 0 Å². The van der Waals surface area contributed by atoms with E-state index in [0.29, 0.717) is 0 Å². The quantitative estimate of drug-likeness (QED) is 0.646. The molecular formula is C15H24. The highest BCUT2D eigenvalue weighted by atomic mass is 14.3. The second-order valence-electron chi connectivity index (χ2n) is 4.17. The molecule has 2 rings (SSSR count). The van der Waals surface area contributed by atoms with Crippen molar-refractivity contribution in [1.82, 2.24) is 0 Å². The van der Waals surface area contributed by atoms with Crippen LogP contribution in [0.1, 0.15) is 62.6 Å². The number of fused-ring (bicyclic) bond motifs is 1. The Morgan fingerprint density at radius 3 is 2.67 bits per heavy atom. The van der Waals surface area contributed by atoms with E-state index >= 15 is 0 Å². The first-order valence-electron chi connectivity index (χ1n) is 6.41. The van der Waals surface area contributed by atoms with Crippen molar-refractivity contribution >= 4 is 0 Å². The van der Waals surface area contributed by atoms with Crippen molar-refractivity contribution in [1.29, 1.82) is 0 Å². The third kappa shape index (κ3) is 2.62. The molecule has 0 nitrogen and oxygen atoms in total. The SMILES string of the molecule is CC.CCCC1CCc2c(C)cccc21. The maximum Gasteiger partial charge on any atom is -0.0156 e. The van der Waals surface area contributed by atoms with Gasteiger partial charge < -0.3 is 0 Å². The summed E-state index contributed by atoms with van der Waals surface area (Å²) in [6, 6.07) is 6.78. The summed E-state index contributed by atoms with van der Waals surface area (Å²) >= 11 is 0. The Morgan fingerprint density at radius 1 is 1.27 bits per heavy atom.